The lowest BCUT2D eigenvalue weighted by atomic mass is 9.83. The third-order valence-electron chi connectivity index (χ3n) is 4.59. The molecule has 0 heterocycles. The number of nitrogens with two attached hydrogens (primary N) is 1. The fraction of sp³-hybridized carbons (Fsp3) is 0.611. The van der Waals surface area contributed by atoms with Gasteiger partial charge in [0.15, 0.2) is 5.96 Å². The summed E-state index contributed by atoms with van der Waals surface area (Å²) in [5.41, 5.74) is 7.23. The van der Waals surface area contributed by atoms with Crippen molar-refractivity contribution in [3.05, 3.63) is 24.3 Å². The number of anilines is 1. The topological polar surface area (TPSA) is 68.9 Å². The largest absolute Gasteiger partial charge is 0.497 e. The van der Waals surface area contributed by atoms with Crippen LogP contribution in [0.3, 0.4) is 0 Å². The summed E-state index contributed by atoms with van der Waals surface area (Å²) in [5.74, 6) is 1.30. The molecule has 1 aliphatic carbocycles. The average molecular weight is 447 g/mol. The molecule has 0 bridgehead atoms. The molecule has 1 aromatic rings. The Morgan fingerprint density at radius 3 is 2.50 bits per heavy atom. The van der Waals surface area contributed by atoms with Crippen molar-refractivity contribution in [3.8, 4) is 5.75 Å². The number of hydrogen-bond acceptors (Lipinski definition) is 3. The summed E-state index contributed by atoms with van der Waals surface area (Å²) >= 11 is 0. The van der Waals surface area contributed by atoms with Crippen LogP contribution in [-0.2, 0) is 4.74 Å². The molecule has 2 rings (SSSR count). The lowest BCUT2D eigenvalue weighted by molar-refractivity contribution is 0.107. The lowest BCUT2D eigenvalue weighted by Crippen LogP contribution is -2.28. The van der Waals surface area contributed by atoms with Crippen LogP contribution >= 0.6 is 24.0 Å². The number of nitrogens with zero attached hydrogens (tertiary/aromatic N) is 1. The Labute approximate surface area is 162 Å². The molecule has 5 nitrogen and oxygen atoms in total. The number of hydrogen-bond donors (Lipinski definition) is 2. The molecule has 0 unspecified atom stereocenters. The Bertz CT molecular complexity index is 499. The summed E-state index contributed by atoms with van der Waals surface area (Å²) in [6, 6.07) is 7.66. The van der Waals surface area contributed by atoms with Crippen molar-refractivity contribution in [2.75, 3.05) is 32.2 Å². The van der Waals surface area contributed by atoms with Gasteiger partial charge in [-0.3, -0.25) is 4.99 Å². The van der Waals surface area contributed by atoms with Gasteiger partial charge in [-0.15, -0.1) is 24.0 Å². The van der Waals surface area contributed by atoms with E-state index in [0.29, 0.717) is 5.96 Å². The molecule has 1 saturated carbocycles. The van der Waals surface area contributed by atoms with Gasteiger partial charge in [-0.25, -0.2) is 0 Å². The molecule has 24 heavy (non-hydrogen) atoms. The Morgan fingerprint density at radius 1 is 1.25 bits per heavy atom. The van der Waals surface area contributed by atoms with Crippen molar-refractivity contribution in [2.45, 2.75) is 39.0 Å². The quantitative estimate of drug-likeness (QED) is 0.273. The first kappa shape index (κ1) is 21.0. The van der Waals surface area contributed by atoms with Gasteiger partial charge in [0.25, 0.3) is 0 Å². The molecule has 1 fully saturated rings. The summed E-state index contributed by atoms with van der Waals surface area (Å²) in [5, 5.41) is 3.14. The number of halogens is 1. The molecule has 0 saturated heterocycles. The lowest BCUT2D eigenvalue weighted by Gasteiger charge is -2.27. The van der Waals surface area contributed by atoms with E-state index in [1.165, 1.54) is 25.7 Å². The highest BCUT2D eigenvalue weighted by molar-refractivity contribution is 14.0. The molecule has 0 radical (unpaired) electrons. The first-order valence-corrected chi connectivity index (χ1v) is 8.46. The average Bonchev–Trinajstić information content (AvgIpc) is 3.03. The van der Waals surface area contributed by atoms with Gasteiger partial charge in [0.2, 0.25) is 0 Å². The molecule has 0 aromatic heterocycles. The molecule has 3 N–H and O–H groups in total. The number of nitrogens with one attached hydrogen (secondary N) is 1. The van der Waals surface area contributed by atoms with Crippen molar-refractivity contribution in [1.82, 2.24) is 0 Å². The number of methoxy groups -OCH3 is 1. The molecule has 6 heteroatoms. The van der Waals surface area contributed by atoms with E-state index >= 15 is 0 Å². The van der Waals surface area contributed by atoms with Crippen LogP contribution in [0, 0.1) is 5.41 Å². The monoisotopic (exact) mass is 447 g/mol. The van der Waals surface area contributed by atoms with E-state index in [4.69, 9.17) is 15.2 Å². The standard InChI is InChI=1S/C18H29N3O2.HI/c1-3-23-13-12-18(10-4-5-11-18)14-20-17(19)21-15-6-8-16(22-2)9-7-15;/h6-9H,3-5,10-14H2,1-2H3,(H3,19,20,21);1H. The minimum Gasteiger partial charge on any atom is -0.497 e. The van der Waals surface area contributed by atoms with Gasteiger partial charge in [0.1, 0.15) is 5.75 Å². The van der Waals surface area contributed by atoms with Crippen LogP contribution in [0.15, 0.2) is 29.3 Å². The highest BCUT2D eigenvalue weighted by atomic mass is 127. The minimum absolute atomic E-state index is 0. The summed E-state index contributed by atoms with van der Waals surface area (Å²) in [7, 11) is 1.65. The van der Waals surface area contributed by atoms with Crippen LogP contribution in [0.1, 0.15) is 39.0 Å². The Hall–Kier alpha value is -1.02. The maximum Gasteiger partial charge on any atom is 0.193 e. The predicted octanol–water partition coefficient (Wildman–Crippen LogP) is 4.03. The van der Waals surface area contributed by atoms with E-state index in [2.05, 4.69) is 10.3 Å². The fourth-order valence-electron chi connectivity index (χ4n) is 3.16. The van der Waals surface area contributed by atoms with Crippen molar-refractivity contribution in [2.24, 2.45) is 16.1 Å². The summed E-state index contributed by atoms with van der Waals surface area (Å²) in [4.78, 5) is 4.59. The number of benzene rings is 1. The number of rotatable bonds is 8. The van der Waals surface area contributed by atoms with Crippen LogP contribution in [0.4, 0.5) is 5.69 Å². The SMILES string of the molecule is CCOCCC1(CN=C(N)Nc2ccc(OC)cc2)CCCC1.I. The van der Waals surface area contributed by atoms with Crippen molar-refractivity contribution >= 4 is 35.6 Å². The first-order valence-electron chi connectivity index (χ1n) is 8.46. The molecular weight excluding hydrogens is 417 g/mol. The van der Waals surface area contributed by atoms with Gasteiger partial charge < -0.3 is 20.5 Å². The Kier molecular flexibility index (Phi) is 9.43. The molecule has 0 aliphatic heterocycles. The highest BCUT2D eigenvalue weighted by Gasteiger charge is 2.33. The molecule has 1 aliphatic rings. The van der Waals surface area contributed by atoms with E-state index in [9.17, 15) is 0 Å². The van der Waals surface area contributed by atoms with Crippen molar-refractivity contribution in [3.63, 3.8) is 0 Å². The van der Waals surface area contributed by atoms with Gasteiger partial charge in [-0.05, 0) is 55.9 Å². The van der Waals surface area contributed by atoms with E-state index in [0.717, 1.165) is 37.6 Å². The number of aliphatic imine (C=N–C) groups is 1. The van der Waals surface area contributed by atoms with Gasteiger partial charge in [-0.2, -0.15) is 0 Å². The van der Waals surface area contributed by atoms with Gasteiger partial charge in [0, 0.05) is 25.4 Å². The van der Waals surface area contributed by atoms with Gasteiger partial charge >= 0.3 is 0 Å². The second-order valence-electron chi connectivity index (χ2n) is 6.21. The van der Waals surface area contributed by atoms with Crippen LogP contribution in [-0.4, -0.2) is 32.8 Å². The Balaban J connectivity index is 0.00000288. The van der Waals surface area contributed by atoms with Gasteiger partial charge in [-0.1, -0.05) is 12.8 Å². The normalized spacial score (nSPS) is 16.5. The zero-order valence-corrected chi connectivity index (χ0v) is 17.0. The molecular formula is C18H30IN3O2. The summed E-state index contributed by atoms with van der Waals surface area (Å²) < 4.78 is 10.7. The van der Waals surface area contributed by atoms with E-state index in [1.807, 2.05) is 31.2 Å². The number of ether oxygens (including phenoxy) is 2. The predicted molar refractivity (Wildman–Crippen MR) is 111 cm³/mol. The molecule has 1 aromatic carbocycles. The van der Waals surface area contributed by atoms with Crippen LogP contribution in [0.25, 0.3) is 0 Å². The number of guanidine groups is 1. The maximum atomic E-state index is 6.04. The van der Waals surface area contributed by atoms with Crippen molar-refractivity contribution in [1.29, 1.82) is 0 Å². The van der Waals surface area contributed by atoms with Crippen LogP contribution < -0.4 is 15.8 Å². The van der Waals surface area contributed by atoms with Gasteiger partial charge in [0.05, 0.1) is 7.11 Å². The molecule has 0 spiro atoms. The smallest absolute Gasteiger partial charge is 0.193 e. The second kappa shape index (κ2) is 10.8. The molecule has 136 valence electrons. The zero-order chi connectivity index (χ0) is 16.5. The molecule has 0 atom stereocenters. The summed E-state index contributed by atoms with van der Waals surface area (Å²) in [6.45, 7) is 4.41. The minimum atomic E-state index is 0. The summed E-state index contributed by atoms with van der Waals surface area (Å²) in [6.07, 6.45) is 6.08. The van der Waals surface area contributed by atoms with Crippen LogP contribution in [0.5, 0.6) is 5.75 Å². The molecule has 0 amide bonds. The van der Waals surface area contributed by atoms with Crippen LogP contribution in [0.2, 0.25) is 0 Å². The van der Waals surface area contributed by atoms with Crippen molar-refractivity contribution < 1.29 is 9.47 Å². The van der Waals surface area contributed by atoms with E-state index in [-0.39, 0.29) is 29.4 Å². The highest BCUT2D eigenvalue weighted by Crippen LogP contribution is 2.41. The first-order chi connectivity index (χ1) is 11.2. The third kappa shape index (κ3) is 6.47. The maximum absolute atomic E-state index is 6.04. The zero-order valence-electron chi connectivity index (χ0n) is 14.7. The second-order valence-corrected chi connectivity index (χ2v) is 6.21. The fourth-order valence-corrected chi connectivity index (χ4v) is 3.16. The third-order valence-corrected chi connectivity index (χ3v) is 4.59. The van der Waals surface area contributed by atoms with E-state index in [1.54, 1.807) is 7.11 Å². The van der Waals surface area contributed by atoms with E-state index < -0.39 is 0 Å². The Morgan fingerprint density at radius 2 is 1.92 bits per heavy atom.